The molecule has 7 nitrogen and oxygen atoms in total. The average molecular weight is 423 g/mol. The molecule has 12 heteroatoms. The van der Waals surface area contributed by atoms with Gasteiger partial charge in [-0.3, -0.25) is 0 Å². The third-order valence-corrected chi connectivity index (χ3v) is 4.31. The van der Waals surface area contributed by atoms with E-state index in [1.54, 1.807) is 25.1 Å². The van der Waals surface area contributed by atoms with Crippen LogP contribution in [0.1, 0.15) is 5.69 Å². The van der Waals surface area contributed by atoms with Crippen LogP contribution in [-0.4, -0.2) is 41.6 Å². The van der Waals surface area contributed by atoms with Crippen molar-refractivity contribution in [1.82, 2.24) is 10.2 Å². The number of hydrogen-bond acceptors (Lipinski definition) is 7. The summed E-state index contributed by atoms with van der Waals surface area (Å²) < 4.78 is 60.7. The lowest BCUT2D eigenvalue weighted by Crippen LogP contribution is -2.40. The van der Waals surface area contributed by atoms with Gasteiger partial charge in [0.15, 0.2) is 17.4 Å². The minimum absolute atomic E-state index is 0.103. The van der Waals surface area contributed by atoms with Crippen molar-refractivity contribution in [1.29, 1.82) is 0 Å². The molecule has 156 valence electrons. The lowest BCUT2D eigenvalue weighted by Gasteiger charge is -2.15. The highest BCUT2D eigenvalue weighted by Crippen LogP contribution is 2.34. The number of nitrogen functional groups attached to an aromatic ring is 1. The Hall–Kier alpha value is -3.41. The molecule has 0 aliphatic carbocycles. The van der Waals surface area contributed by atoms with Gasteiger partial charge in [-0.15, -0.1) is 5.10 Å². The van der Waals surface area contributed by atoms with E-state index in [0.717, 1.165) is 6.07 Å². The molecule has 1 aromatic heterocycles. The van der Waals surface area contributed by atoms with Gasteiger partial charge in [-0.1, -0.05) is 6.07 Å². The molecule has 30 heavy (non-hydrogen) atoms. The summed E-state index contributed by atoms with van der Waals surface area (Å²) in [5.41, 5.74) is 6.43. The summed E-state index contributed by atoms with van der Waals surface area (Å²) in [6.45, 7) is 1.69. The number of hydrogen-bond donors (Lipinski definition) is 2. The Balaban J connectivity index is 2.12. The molecule has 3 aromatic rings. The number of ether oxygens (including phenoxy) is 1. The molecular weight excluding hydrogens is 409 g/mol. The summed E-state index contributed by atoms with van der Waals surface area (Å²) in [7, 11) is -1.14. The molecule has 1 heterocycles. The van der Waals surface area contributed by atoms with Gasteiger partial charge in [0.25, 0.3) is 0 Å². The van der Waals surface area contributed by atoms with Gasteiger partial charge in [0.1, 0.15) is 0 Å². The number of nitrogens with zero attached hydrogens (tertiary/aromatic N) is 2. The monoisotopic (exact) mass is 423 g/mol. The van der Waals surface area contributed by atoms with E-state index in [4.69, 9.17) is 10.5 Å². The van der Waals surface area contributed by atoms with Gasteiger partial charge in [-0.25, -0.2) is 9.18 Å². The van der Waals surface area contributed by atoms with E-state index in [1.807, 2.05) is 0 Å². The number of aryl methyl sites for hydroxylation is 1. The van der Waals surface area contributed by atoms with Crippen molar-refractivity contribution >= 4 is 35.1 Å². The fraction of sp³-hybridized carbons (Fsp3) is 0.167. The fourth-order valence-electron chi connectivity index (χ4n) is 2.89. The second kappa shape index (κ2) is 7.79. The van der Waals surface area contributed by atoms with Crippen LogP contribution in [0.2, 0.25) is 0 Å². The lowest BCUT2D eigenvalue weighted by molar-refractivity contribution is -0.190. The molecule has 0 aliphatic rings. The van der Waals surface area contributed by atoms with Crippen molar-refractivity contribution in [3.05, 3.63) is 41.8 Å². The first kappa shape index (κ1) is 21.3. The zero-order valence-electron chi connectivity index (χ0n) is 15.6. The van der Waals surface area contributed by atoms with Gasteiger partial charge in [-0.2, -0.15) is 18.3 Å². The molecular formula is C18H14BF4N3O4. The molecule has 0 unspecified atom stereocenters. The van der Waals surface area contributed by atoms with Crippen LogP contribution in [0.15, 0.2) is 30.3 Å². The van der Waals surface area contributed by atoms with E-state index < -0.39 is 30.5 Å². The number of anilines is 1. The fourth-order valence-corrected chi connectivity index (χ4v) is 2.89. The standard InChI is InChI=1S/C18H14BF4N3O4/c1-8-12-5-9(3-4-11(12)16(24)26-25-8)13-6-10(7-14(20)15(13)29-2)19(28)30-17(27)18(21,22)23/h3-7,28H,1-2H3,(H2,24,26). The molecule has 0 bridgehead atoms. The zero-order chi connectivity index (χ0) is 22.2. The summed E-state index contributed by atoms with van der Waals surface area (Å²) >= 11 is 0. The molecule has 0 spiro atoms. The number of rotatable bonds is 4. The van der Waals surface area contributed by atoms with Crippen LogP contribution in [0.4, 0.5) is 23.4 Å². The maximum absolute atomic E-state index is 14.5. The smallest absolute Gasteiger partial charge is 0.499 e. The van der Waals surface area contributed by atoms with Gasteiger partial charge in [0.2, 0.25) is 0 Å². The molecule has 2 aromatic carbocycles. The van der Waals surface area contributed by atoms with E-state index >= 15 is 0 Å². The number of alkyl halides is 3. The Kier molecular flexibility index (Phi) is 5.53. The molecule has 0 amide bonds. The molecule has 0 radical (unpaired) electrons. The Morgan fingerprint density at radius 3 is 2.50 bits per heavy atom. The van der Waals surface area contributed by atoms with Crippen LogP contribution in [-0.2, 0) is 9.45 Å². The number of nitrogens with two attached hydrogens (primary N) is 1. The number of benzene rings is 2. The topological polar surface area (TPSA) is 108 Å². The molecule has 3 rings (SSSR count). The first-order valence-electron chi connectivity index (χ1n) is 8.39. The summed E-state index contributed by atoms with van der Waals surface area (Å²) in [5.74, 6) is -3.62. The largest absolute Gasteiger partial charge is 0.562 e. The molecule has 0 saturated heterocycles. The van der Waals surface area contributed by atoms with Crippen LogP contribution in [0.25, 0.3) is 21.9 Å². The number of carbonyl (C=O) groups excluding carboxylic acids is 1. The van der Waals surface area contributed by atoms with Crippen LogP contribution < -0.4 is 15.9 Å². The van der Waals surface area contributed by atoms with E-state index in [1.165, 1.54) is 7.11 Å². The van der Waals surface area contributed by atoms with E-state index in [9.17, 15) is 27.4 Å². The third-order valence-electron chi connectivity index (χ3n) is 4.31. The summed E-state index contributed by atoms with van der Waals surface area (Å²) in [4.78, 5) is 11.0. The van der Waals surface area contributed by atoms with Crippen LogP contribution in [0.3, 0.4) is 0 Å². The van der Waals surface area contributed by atoms with Crippen molar-refractivity contribution in [2.24, 2.45) is 0 Å². The van der Waals surface area contributed by atoms with Crippen LogP contribution >= 0.6 is 0 Å². The second-order valence-corrected chi connectivity index (χ2v) is 6.27. The maximum Gasteiger partial charge on any atom is 0.562 e. The molecule has 0 fully saturated rings. The second-order valence-electron chi connectivity index (χ2n) is 6.27. The SMILES string of the molecule is COc1c(F)cc(B(O)OC(=O)C(F)(F)F)cc1-c1ccc2c(N)nnc(C)c2c1. The number of carbonyl (C=O) groups is 1. The Labute approximate surface area is 167 Å². The zero-order valence-corrected chi connectivity index (χ0v) is 15.6. The van der Waals surface area contributed by atoms with E-state index in [-0.39, 0.29) is 17.1 Å². The molecule has 0 aliphatic heterocycles. The highest BCUT2D eigenvalue weighted by molar-refractivity contribution is 6.61. The average Bonchev–Trinajstić information content (AvgIpc) is 2.69. The highest BCUT2D eigenvalue weighted by Gasteiger charge is 2.43. The van der Waals surface area contributed by atoms with Crippen molar-refractivity contribution in [2.45, 2.75) is 13.1 Å². The number of methoxy groups -OCH3 is 1. The minimum Gasteiger partial charge on any atom is -0.499 e. The minimum atomic E-state index is -5.31. The normalized spacial score (nSPS) is 11.4. The van der Waals surface area contributed by atoms with Gasteiger partial charge in [0, 0.05) is 21.8 Å². The van der Waals surface area contributed by atoms with Crippen molar-refractivity contribution < 1.29 is 36.8 Å². The predicted molar refractivity (Wildman–Crippen MR) is 100 cm³/mol. The Bertz CT molecular complexity index is 1140. The van der Waals surface area contributed by atoms with E-state index in [0.29, 0.717) is 28.1 Å². The van der Waals surface area contributed by atoms with Crippen molar-refractivity contribution in [3.8, 4) is 16.9 Å². The van der Waals surface area contributed by atoms with Gasteiger partial charge < -0.3 is 20.1 Å². The molecule has 0 saturated carbocycles. The van der Waals surface area contributed by atoms with Gasteiger partial charge in [-0.05, 0) is 36.8 Å². The Morgan fingerprint density at radius 1 is 1.17 bits per heavy atom. The summed E-state index contributed by atoms with van der Waals surface area (Å²) in [6.07, 6.45) is -5.31. The van der Waals surface area contributed by atoms with Gasteiger partial charge >= 0.3 is 19.3 Å². The molecule has 3 N–H and O–H groups in total. The molecule has 0 atom stereocenters. The predicted octanol–water partition coefficient (Wildman–Crippen LogP) is 2.13. The van der Waals surface area contributed by atoms with Crippen molar-refractivity contribution in [2.75, 3.05) is 12.8 Å². The van der Waals surface area contributed by atoms with Gasteiger partial charge in [0.05, 0.1) is 12.8 Å². The third kappa shape index (κ3) is 3.99. The quantitative estimate of drug-likeness (QED) is 0.489. The highest BCUT2D eigenvalue weighted by atomic mass is 19.4. The number of halogens is 4. The van der Waals surface area contributed by atoms with Crippen molar-refractivity contribution in [3.63, 3.8) is 0 Å². The van der Waals surface area contributed by atoms with E-state index in [2.05, 4.69) is 14.9 Å². The lowest BCUT2D eigenvalue weighted by atomic mass is 9.78. The maximum atomic E-state index is 14.5. The number of aromatic nitrogens is 2. The van der Waals surface area contributed by atoms with Crippen LogP contribution in [0, 0.1) is 12.7 Å². The number of fused-ring (bicyclic) bond motifs is 1. The van der Waals surface area contributed by atoms with Crippen LogP contribution in [0.5, 0.6) is 5.75 Å². The Morgan fingerprint density at radius 2 is 1.87 bits per heavy atom. The first-order valence-corrected chi connectivity index (χ1v) is 8.39. The first-order chi connectivity index (χ1) is 14.0. The summed E-state index contributed by atoms with van der Waals surface area (Å²) in [6, 6.07) is 6.67. The summed E-state index contributed by atoms with van der Waals surface area (Å²) in [5, 5.41) is 18.8.